The average molecular weight is 279 g/mol. The van der Waals surface area contributed by atoms with Crippen LogP contribution in [0.1, 0.15) is 19.7 Å². The Morgan fingerprint density at radius 3 is 2.84 bits per heavy atom. The van der Waals surface area contributed by atoms with Crippen molar-refractivity contribution in [1.82, 2.24) is 15.0 Å². The zero-order chi connectivity index (χ0) is 13.2. The lowest BCUT2D eigenvalue weighted by molar-refractivity contribution is -0.0725. The molecule has 0 spiro atoms. The number of rotatable bonds is 3. The van der Waals surface area contributed by atoms with Gasteiger partial charge in [0, 0.05) is 13.1 Å². The normalized spacial score (nSPS) is 24.7. The molecule has 1 saturated heterocycles. The van der Waals surface area contributed by atoms with Crippen LogP contribution in [0.15, 0.2) is 22.0 Å². The van der Waals surface area contributed by atoms with Gasteiger partial charge in [-0.05, 0) is 25.3 Å². The average Bonchev–Trinajstić information content (AvgIpc) is 2.96. The predicted molar refractivity (Wildman–Crippen MR) is 72.9 cm³/mol. The Balaban J connectivity index is 1.67. The number of nitrogens with zero attached hydrogens (tertiary/aromatic N) is 3. The van der Waals surface area contributed by atoms with E-state index in [0.717, 1.165) is 18.0 Å². The third-order valence-corrected chi connectivity index (χ3v) is 3.93. The number of hydrogen-bond donors (Lipinski definition) is 0. The summed E-state index contributed by atoms with van der Waals surface area (Å²) < 4.78 is 11.0. The highest BCUT2D eigenvalue weighted by molar-refractivity contribution is 7.13. The summed E-state index contributed by atoms with van der Waals surface area (Å²) in [5, 5.41) is 6.04. The van der Waals surface area contributed by atoms with Gasteiger partial charge in [0.15, 0.2) is 0 Å². The standard InChI is InChI=1S/C13H17N3O2S/c1-9-6-16(7-10(2)17-9)8-12-14-13(15-18-12)11-4-3-5-19-11/h3-5,9-10H,6-8H2,1-2H3/t9-,10-/m1/s1. The summed E-state index contributed by atoms with van der Waals surface area (Å²) in [5.41, 5.74) is 0. The molecule has 1 aliphatic heterocycles. The molecule has 19 heavy (non-hydrogen) atoms. The molecule has 3 heterocycles. The van der Waals surface area contributed by atoms with Crippen molar-refractivity contribution in [2.24, 2.45) is 0 Å². The van der Waals surface area contributed by atoms with Crippen LogP contribution in [0.5, 0.6) is 0 Å². The number of hydrogen-bond acceptors (Lipinski definition) is 6. The van der Waals surface area contributed by atoms with Gasteiger partial charge >= 0.3 is 0 Å². The van der Waals surface area contributed by atoms with Crippen LogP contribution in [-0.4, -0.2) is 40.3 Å². The van der Waals surface area contributed by atoms with Crippen molar-refractivity contribution in [3.8, 4) is 10.7 Å². The van der Waals surface area contributed by atoms with Crippen LogP contribution in [0.25, 0.3) is 10.7 Å². The molecule has 0 saturated carbocycles. The lowest BCUT2D eigenvalue weighted by Crippen LogP contribution is -2.44. The van der Waals surface area contributed by atoms with Gasteiger partial charge in [0.25, 0.3) is 0 Å². The maximum Gasteiger partial charge on any atom is 0.241 e. The summed E-state index contributed by atoms with van der Waals surface area (Å²) in [4.78, 5) is 7.78. The van der Waals surface area contributed by atoms with Gasteiger partial charge in [0.05, 0.1) is 23.6 Å². The Labute approximate surface area is 116 Å². The van der Waals surface area contributed by atoms with E-state index in [2.05, 4.69) is 28.9 Å². The summed E-state index contributed by atoms with van der Waals surface area (Å²) in [5.74, 6) is 1.35. The monoisotopic (exact) mass is 279 g/mol. The fourth-order valence-corrected chi connectivity index (χ4v) is 3.08. The molecule has 6 heteroatoms. The van der Waals surface area contributed by atoms with Crippen molar-refractivity contribution in [1.29, 1.82) is 0 Å². The van der Waals surface area contributed by atoms with Crippen molar-refractivity contribution in [3.05, 3.63) is 23.4 Å². The number of morpholine rings is 1. The van der Waals surface area contributed by atoms with Crippen molar-refractivity contribution in [2.45, 2.75) is 32.6 Å². The largest absolute Gasteiger partial charge is 0.373 e. The molecule has 2 aromatic heterocycles. The van der Waals surface area contributed by atoms with E-state index in [1.54, 1.807) is 11.3 Å². The molecule has 1 fully saturated rings. The van der Waals surface area contributed by atoms with Gasteiger partial charge in [-0.1, -0.05) is 11.2 Å². The fourth-order valence-electron chi connectivity index (χ4n) is 2.43. The molecule has 3 rings (SSSR count). The lowest BCUT2D eigenvalue weighted by atomic mass is 10.2. The van der Waals surface area contributed by atoms with Gasteiger partial charge in [-0.25, -0.2) is 0 Å². The van der Waals surface area contributed by atoms with Gasteiger partial charge in [0.1, 0.15) is 0 Å². The third kappa shape index (κ3) is 3.02. The van der Waals surface area contributed by atoms with E-state index in [0.29, 0.717) is 18.3 Å². The van der Waals surface area contributed by atoms with Gasteiger partial charge in [0.2, 0.25) is 11.7 Å². The molecular formula is C13H17N3O2S. The molecule has 0 bridgehead atoms. The van der Waals surface area contributed by atoms with Crippen LogP contribution in [0.4, 0.5) is 0 Å². The lowest BCUT2D eigenvalue weighted by Gasteiger charge is -2.34. The van der Waals surface area contributed by atoms with Crippen molar-refractivity contribution >= 4 is 11.3 Å². The molecule has 0 aliphatic carbocycles. The number of thiophene rings is 1. The molecule has 5 nitrogen and oxygen atoms in total. The summed E-state index contributed by atoms with van der Waals surface area (Å²) in [6, 6.07) is 3.99. The molecule has 102 valence electrons. The van der Waals surface area contributed by atoms with E-state index < -0.39 is 0 Å². The van der Waals surface area contributed by atoms with E-state index in [-0.39, 0.29) is 12.2 Å². The molecule has 0 amide bonds. The topological polar surface area (TPSA) is 51.4 Å². The number of aromatic nitrogens is 2. The minimum absolute atomic E-state index is 0.253. The highest BCUT2D eigenvalue weighted by Gasteiger charge is 2.23. The first-order valence-electron chi connectivity index (χ1n) is 6.45. The second-order valence-electron chi connectivity index (χ2n) is 4.94. The van der Waals surface area contributed by atoms with Gasteiger partial charge in [-0.15, -0.1) is 11.3 Å². The molecule has 0 N–H and O–H groups in total. The maximum absolute atomic E-state index is 5.71. The molecule has 0 unspecified atom stereocenters. The van der Waals surface area contributed by atoms with Crippen LogP contribution in [0.2, 0.25) is 0 Å². The van der Waals surface area contributed by atoms with Gasteiger partial charge in [-0.2, -0.15) is 4.98 Å². The highest BCUT2D eigenvalue weighted by Crippen LogP contribution is 2.22. The molecule has 1 aliphatic rings. The Kier molecular flexibility index (Phi) is 3.63. The SMILES string of the molecule is C[C@@H]1CN(Cc2nc(-c3cccs3)no2)C[C@@H](C)O1. The van der Waals surface area contributed by atoms with E-state index in [4.69, 9.17) is 9.26 Å². The quantitative estimate of drug-likeness (QED) is 0.863. The van der Waals surface area contributed by atoms with Crippen LogP contribution in [0, 0.1) is 0 Å². The fraction of sp³-hybridized carbons (Fsp3) is 0.538. The second kappa shape index (κ2) is 5.40. The zero-order valence-electron chi connectivity index (χ0n) is 11.1. The minimum Gasteiger partial charge on any atom is -0.373 e. The first-order valence-corrected chi connectivity index (χ1v) is 7.33. The van der Waals surface area contributed by atoms with E-state index in [1.807, 2.05) is 17.5 Å². The summed E-state index contributed by atoms with van der Waals surface area (Å²) >= 11 is 1.62. The summed E-state index contributed by atoms with van der Waals surface area (Å²) in [7, 11) is 0. The van der Waals surface area contributed by atoms with Crippen LogP contribution in [-0.2, 0) is 11.3 Å². The Morgan fingerprint density at radius 1 is 1.37 bits per heavy atom. The Morgan fingerprint density at radius 2 is 2.16 bits per heavy atom. The van der Waals surface area contributed by atoms with E-state index >= 15 is 0 Å². The van der Waals surface area contributed by atoms with Crippen molar-refractivity contribution in [2.75, 3.05) is 13.1 Å². The highest BCUT2D eigenvalue weighted by atomic mass is 32.1. The van der Waals surface area contributed by atoms with Crippen molar-refractivity contribution in [3.63, 3.8) is 0 Å². The van der Waals surface area contributed by atoms with Crippen LogP contribution < -0.4 is 0 Å². The van der Waals surface area contributed by atoms with E-state index in [1.165, 1.54) is 0 Å². The molecule has 0 radical (unpaired) electrons. The molecule has 2 aromatic rings. The smallest absolute Gasteiger partial charge is 0.241 e. The Hall–Kier alpha value is -1.24. The predicted octanol–water partition coefficient (Wildman–Crippen LogP) is 2.41. The molecular weight excluding hydrogens is 262 g/mol. The first kappa shape index (κ1) is 12.8. The van der Waals surface area contributed by atoms with Gasteiger partial charge < -0.3 is 9.26 Å². The van der Waals surface area contributed by atoms with Crippen LogP contribution in [0.3, 0.4) is 0 Å². The van der Waals surface area contributed by atoms with Crippen molar-refractivity contribution < 1.29 is 9.26 Å². The maximum atomic E-state index is 5.71. The minimum atomic E-state index is 0.253. The van der Waals surface area contributed by atoms with Crippen LogP contribution >= 0.6 is 11.3 Å². The Bertz CT molecular complexity index is 516. The zero-order valence-corrected chi connectivity index (χ0v) is 11.9. The third-order valence-electron chi connectivity index (χ3n) is 3.06. The number of ether oxygens (including phenoxy) is 1. The van der Waals surface area contributed by atoms with Gasteiger partial charge in [-0.3, -0.25) is 4.90 Å². The first-order chi connectivity index (χ1) is 9.20. The summed E-state index contributed by atoms with van der Waals surface area (Å²) in [6.45, 7) is 6.68. The summed E-state index contributed by atoms with van der Waals surface area (Å²) in [6.07, 6.45) is 0.506. The molecule has 0 aromatic carbocycles. The van der Waals surface area contributed by atoms with E-state index in [9.17, 15) is 0 Å². The second-order valence-corrected chi connectivity index (χ2v) is 5.89. The molecule has 2 atom stereocenters.